The minimum absolute atomic E-state index is 0.625. The SMILES string of the molecule is O=CSc1ccc(C=O)cc1. The van der Waals surface area contributed by atoms with E-state index in [0.29, 0.717) is 5.56 Å². The van der Waals surface area contributed by atoms with Crippen LogP contribution in [0.5, 0.6) is 0 Å². The largest absolute Gasteiger partial charge is 0.298 e. The zero-order valence-corrected chi connectivity index (χ0v) is 6.51. The third-order valence-corrected chi connectivity index (χ3v) is 1.84. The van der Waals surface area contributed by atoms with Crippen LogP contribution in [0.4, 0.5) is 0 Å². The van der Waals surface area contributed by atoms with Crippen LogP contribution < -0.4 is 0 Å². The molecule has 0 saturated carbocycles. The summed E-state index contributed by atoms with van der Waals surface area (Å²) in [6.45, 7) is 0. The van der Waals surface area contributed by atoms with Gasteiger partial charge in [-0.25, -0.2) is 0 Å². The predicted octanol–water partition coefficient (Wildman–Crippen LogP) is 1.78. The lowest BCUT2D eigenvalue weighted by molar-refractivity contribution is 0.112. The lowest BCUT2D eigenvalue weighted by Gasteiger charge is -1.92. The number of aldehydes is 1. The summed E-state index contributed by atoms with van der Waals surface area (Å²) in [5.74, 6) is 0. The molecule has 0 saturated heterocycles. The Balaban J connectivity index is 2.81. The molecule has 0 amide bonds. The maximum Gasteiger partial charge on any atom is 0.180 e. The van der Waals surface area contributed by atoms with Crippen molar-refractivity contribution >= 4 is 23.7 Å². The zero-order chi connectivity index (χ0) is 8.10. The summed E-state index contributed by atoms with van der Waals surface area (Å²) in [5, 5.41) is 0. The minimum atomic E-state index is 0.625. The Kier molecular flexibility index (Phi) is 2.86. The first-order chi connectivity index (χ1) is 5.36. The molecule has 0 atom stereocenters. The van der Waals surface area contributed by atoms with Gasteiger partial charge < -0.3 is 0 Å². The number of hydrogen-bond acceptors (Lipinski definition) is 3. The molecule has 0 aromatic heterocycles. The van der Waals surface area contributed by atoms with Crippen LogP contribution in [-0.2, 0) is 4.79 Å². The van der Waals surface area contributed by atoms with E-state index in [2.05, 4.69) is 0 Å². The van der Waals surface area contributed by atoms with Gasteiger partial charge in [0.15, 0.2) is 5.62 Å². The minimum Gasteiger partial charge on any atom is -0.298 e. The number of carbonyl (C=O) groups excluding carboxylic acids is 2. The van der Waals surface area contributed by atoms with Crippen molar-refractivity contribution in [3.63, 3.8) is 0 Å². The molecule has 0 unspecified atom stereocenters. The van der Waals surface area contributed by atoms with E-state index in [1.165, 1.54) is 0 Å². The van der Waals surface area contributed by atoms with E-state index in [1.54, 1.807) is 24.3 Å². The Morgan fingerprint density at radius 1 is 1.09 bits per heavy atom. The molecule has 1 rings (SSSR count). The Hall–Kier alpha value is -1.09. The van der Waals surface area contributed by atoms with E-state index in [1.807, 2.05) is 0 Å². The molecule has 2 nitrogen and oxygen atoms in total. The van der Waals surface area contributed by atoms with Gasteiger partial charge in [0.25, 0.3) is 0 Å². The highest BCUT2D eigenvalue weighted by atomic mass is 32.2. The molecule has 0 spiro atoms. The van der Waals surface area contributed by atoms with Crippen molar-refractivity contribution in [2.24, 2.45) is 0 Å². The highest BCUT2D eigenvalue weighted by Gasteiger charge is 1.91. The topological polar surface area (TPSA) is 34.1 Å². The number of rotatable bonds is 3. The van der Waals surface area contributed by atoms with Crippen molar-refractivity contribution in [1.82, 2.24) is 0 Å². The van der Waals surface area contributed by atoms with E-state index in [0.717, 1.165) is 28.6 Å². The molecule has 56 valence electrons. The van der Waals surface area contributed by atoms with Gasteiger partial charge in [0.1, 0.15) is 6.29 Å². The highest BCUT2D eigenvalue weighted by Crippen LogP contribution is 2.14. The molecule has 0 N–H and O–H groups in total. The van der Waals surface area contributed by atoms with Gasteiger partial charge in [0.05, 0.1) is 0 Å². The van der Waals surface area contributed by atoms with Crippen LogP contribution in [0, 0.1) is 0 Å². The predicted molar refractivity (Wildman–Crippen MR) is 44.4 cm³/mol. The Bertz CT molecular complexity index is 253. The van der Waals surface area contributed by atoms with Gasteiger partial charge in [-0.15, -0.1) is 0 Å². The molecule has 0 aliphatic carbocycles. The van der Waals surface area contributed by atoms with Gasteiger partial charge in [-0.1, -0.05) is 23.9 Å². The molecule has 11 heavy (non-hydrogen) atoms. The third-order valence-electron chi connectivity index (χ3n) is 1.20. The quantitative estimate of drug-likeness (QED) is 0.507. The van der Waals surface area contributed by atoms with Crippen LogP contribution in [0.2, 0.25) is 0 Å². The smallest absolute Gasteiger partial charge is 0.180 e. The monoisotopic (exact) mass is 166 g/mol. The summed E-state index contributed by atoms with van der Waals surface area (Å²) in [4.78, 5) is 21.1. The molecule has 3 heteroatoms. The molecule has 0 aliphatic heterocycles. The van der Waals surface area contributed by atoms with Gasteiger partial charge in [0.2, 0.25) is 0 Å². The average molecular weight is 166 g/mol. The van der Waals surface area contributed by atoms with E-state index in [4.69, 9.17) is 0 Å². The lowest BCUT2D eigenvalue weighted by atomic mass is 10.2. The van der Waals surface area contributed by atoms with Gasteiger partial charge >= 0.3 is 0 Å². The van der Waals surface area contributed by atoms with Crippen LogP contribution in [0.15, 0.2) is 29.2 Å². The van der Waals surface area contributed by atoms with Gasteiger partial charge in [0, 0.05) is 10.5 Å². The molecule has 1 aromatic carbocycles. The van der Waals surface area contributed by atoms with Gasteiger partial charge in [-0.05, 0) is 12.1 Å². The van der Waals surface area contributed by atoms with Crippen molar-refractivity contribution in [3.05, 3.63) is 29.8 Å². The Morgan fingerprint density at radius 3 is 2.18 bits per heavy atom. The van der Waals surface area contributed by atoms with E-state index < -0.39 is 0 Å². The molecule has 1 aromatic rings. The van der Waals surface area contributed by atoms with Crippen molar-refractivity contribution in [1.29, 1.82) is 0 Å². The normalized spacial score (nSPS) is 9.09. The third kappa shape index (κ3) is 2.20. The first kappa shape index (κ1) is 8.01. The second-order valence-electron chi connectivity index (χ2n) is 1.90. The summed E-state index contributed by atoms with van der Waals surface area (Å²) in [6.07, 6.45) is 0.773. The number of hydrogen-bond donors (Lipinski definition) is 0. The van der Waals surface area contributed by atoms with Gasteiger partial charge in [-0.2, -0.15) is 0 Å². The first-order valence-corrected chi connectivity index (χ1v) is 3.90. The van der Waals surface area contributed by atoms with Crippen molar-refractivity contribution in [3.8, 4) is 0 Å². The number of benzene rings is 1. The molecule has 0 fully saturated rings. The lowest BCUT2D eigenvalue weighted by Crippen LogP contribution is -1.77. The van der Waals surface area contributed by atoms with Crippen LogP contribution in [-0.4, -0.2) is 11.9 Å². The fourth-order valence-corrected chi connectivity index (χ4v) is 1.08. The average Bonchev–Trinajstić information content (AvgIpc) is 2.07. The van der Waals surface area contributed by atoms with E-state index >= 15 is 0 Å². The first-order valence-electron chi connectivity index (χ1n) is 3.02. The highest BCUT2D eigenvalue weighted by molar-refractivity contribution is 8.11. The van der Waals surface area contributed by atoms with Gasteiger partial charge in [-0.3, -0.25) is 9.59 Å². The number of thioether (sulfide) groups is 1. The maximum atomic E-state index is 10.2. The van der Waals surface area contributed by atoms with Crippen molar-refractivity contribution < 1.29 is 9.59 Å². The van der Waals surface area contributed by atoms with E-state index in [9.17, 15) is 9.59 Å². The number of carbonyl (C=O) groups is 2. The van der Waals surface area contributed by atoms with E-state index in [-0.39, 0.29) is 0 Å². The second kappa shape index (κ2) is 3.93. The zero-order valence-electron chi connectivity index (χ0n) is 5.69. The summed E-state index contributed by atoms with van der Waals surface area (Å²) in [6, 6.07) is 6.84. The summed E-state index contributed by atoms with van der Waals surface area (Å²) >= 11 is 1.10. The summed E-state index contributed by atoms with van der Waals surface area (Å²) in [7, 11) is 0. The van der Waals surface area contributed by atoms with Crippen LogP contribution in [0.3, 0.4) is 0 Å². The fourth-order valence-electron chi connectivity index (χ4n) is 0.681. The standard InChI is InChI=1S/C8H6O2S/c9-5-7-1-3-8(4-2-7)11-6-10/h1-6H. The molecule has 0 aliphatic rings. The van der Waals surface area contributed by atoms with Crippen molar-refractivity contribution in [2.45, 2.75) is 4.90 Å². The molecule has 0 radical (unpaired) electrons. The Labute approximate surface area is 68.6 Å². The van der Waals surface area contributed by atoms with Crippen LogP contribution >= 0.6 is 11.8 Å². The fraction of sp³-hybridized carbons (Fsp3) is 0. The van der Waals surface area contributed by atoms with Crippen LogP contribution in [0.25, 0.3) is 0 Å². The molecular weight excluding hydrogens is 160 g/mol. The Morgan fingerprint density at radius 2 is 1.73 bits per heavy atom. The maximum absolute atomic E-state index is 10.2. The van der Waals surface area contributed by atoms with Crippen LogP contribution in [0.1, 0.15) is 10.4 Å². The molecule has 0 bridgehead atoms. The second-order valence-corrected chi connectivity index (χ2v) is 2.80. The molecule has 0 heterocycles. The summed E-state index contributed by atoms with van der Waals surface area (Å²) in [5.41, 5.74) is 1.39. The van der Waals surface area contributed by atoms with Crippen molar-refractivity contribution in [2.75, 3.05) is 0 Å². The summed E-state index contributed by atoms with van der Waals surface area (Å²) < 4.78 is 0. The molecular formula is C8H6O2S.